The third-order valence-electron chi connectivity index (χ3n) is 5.38. The lowest BCUT2D eigenvalue weighted by Gasteiger charge is -2.25. The average molecular weight is 467 g/mol. The molecule has 0 saturated heterocycles. The van der Waals surface area contributed by atoms with E-state index in [1.807, 2.05) is 43.3 Å². The minimum absolute atomic E-state index is 0.0269. The summed E-state index contributed by atoms with van der Waals surface area (Å²) in [7, 11) is -2.31. The second-order valence-electron chi connectivity index (χ2n) is 7.88. The molecule has 0 unspecified atom stereocenters. The lowest BCUT2D eigenvalue weighted by atomic mass is 10.1. The molecule has 0 aliphatic rings. The molecule has 3 aromatic carbocycles. The molecule has 0 spiro atoms. The minimum Gasteiger partial charge on any atom is -0.497 e. The molecule has 0 aromatic heterocycles. The fraction of sp³-hybridized carbons (Fsp3) is 0.269. The van der Waals surface area contributed by atoms with Crippen LogP contribution in [0.2, 0.25) is 0 Å². The molecule has 0 aliphatic heterocycles. The first-order valence-corrected chi connectivity index (χ1v) is 12.3. The molecule has 1 N–H and O–H groups in total. The maximum Gasteiger partial charge on any atom is 0.264 e. The topological polar surface area (TPSA) is 75.7 Å². The number of ether oxygens (including phenoxy) is 1. The van der Waals surface area contributed by atoms with E-state index in [0.29, 0.717) is 23.5 Å². The molecule has 174 valence electrons. The van der Waals surface area contributed by atoms with E-state index in [2.05, 4.69) is 5.32 Å². The fourth-order valence-corrected chi connectivity index (χ4v) is 5.30. The van der Waals surface area contributed by atoms with Crippen LogP contribution in [0.1, 0.15) is 23.1 Å². The van der Waals surface area contributed by atoms with Crippen LogP contribution in [0.3, 0.4) is 0 Å². The summed E-state index contributed by atoms with van der Waals surface area (Å²) in [4.78, 5) is 12.7. The van der Waals surface area contributed by atoms with Crippen LogP contribution in [-0.2, 0) is 21.2 Å². The van der Waals surface area contributed by atoms with Crippen LogP contribution in [0.5, 0.6) is 5.75 Å². The first-order valence-electron chi connectivity index (χ1n) is 10.9. The summed E-state index contributed by atoms with van der Waals surface area (Å²) in [5, 5.41) is 2.89. The van der Waals surface area contributed by atoms with E-state index < -0.39 is 10.0 Å². The van der Waals surface area contributed by atoms with Gasteiger partial charge in [-0.2, -0.15) is 0 Å². The summed E-state index contributed by atoms with van der Waals surface area (Å²) >= 11 is 0. The zero-order valence-electron chi connectivity index (χ0n) is 19.2. The van der Waals surface area contributed by atoms with Gasteiger partial charge in [0.2, 0.25) is 5.91 Å². The number of nitrogens with zero attached hydrogens (tertiary/aromatic N) is 1. The van der Waals surface area contributed by atoms with Gasteiger partial charge >= 0.3 is 0 Å². The number of methoxy groups -OCH3 is 1. The van der Waals surface area contributed by atoms with Crippen LogP contribution in [0.15, 0.2) is 77.7 Å². The fourth-order valence-electron chi connectivity index (χ4n) is 3.63. The van der Waals surface area contributed by atoms with Gasteiger partial charge in [0.05, 0.1) is 17.7 Å². The molecule has 7 heteroatoms. The van der Waals surface area contributed by atoms with E-state index >= 15 is 0 Å². The Morgan fingerprint density at radius 3 is 2.30 bits per heavy atom. The smallest absolute Gasteiger partial charge is 0.264 e. The van der Waals surface area contributed by atoms with Crippen molar-refractivity contribution < 1.29 is 17.9 Å². The van der Waals surface area contributed by atoms with E-state index in [1.54, 1.807) is 50.4 Å². The minimum atomic E-state index is -3.87. The number of rotatable bonds is 10. The lowest BCUT2D eigenvalue weighted by Crippen LogP contribution is -2.36. The van der Waals surface area contributed by atoms with Crippen molar-refractivity contribution in [2.24, 2.45) is 0 Å². The monoisotopic (exact) mass is 466 g/mol. The van der Waals surface area contributed by atoms with E-state index in [-0.39, 0.29) is 23.8 Å². The van der Waals surface area contributed by atoms with Crippen molar-refractivity contribution in [1.29, 1.82) is 0 Å². The molecule has 0 fully saturated rings. The number of amides is 1. The normalized spacial score (nSPS) is 11.1. The highest BCUT2D eigenvalue weighted by atomic mass is 32.2. The molecule has 0 aliphatic carbocycles. The summed E-state index contributed by atoms with van der Waals surface area (Å²) in [6.07, 6.45) is 0.764. The number of carbonyl (C=O) groups is 1. The van der Waals surface area contributed by atoms with Gasteiger partial charge in [0.1, 0.15) is 5.75 Å². The molecule has 0 heterocycles. The van der Waals surface area contributed by atoms with Crippen molar-refractivity contribution in [1.82, 2.24) is 5.32 Å². The van der Waals surface area contributed by atoms with Crippen LogP contribution in [0.4, 0.5) is 5.69 Å². The molecule has 0 bridgehead atoms. The van der Waals surface area contributed by atoms with E-state index in [9.17, 15) is 13.2 Å². The summed E-state index contributed by atoms with van der Waals surface area (Å²) < 4.78 is 33.7. The second-order valence-corrected chi connectivity index (χ2v) is 9.71. The molecule has 3 rings (SSSR count). The van der Waals surface area contributed by atoms with Crippen molar-refractivity contribution in [3.8, 4) is 5.75 Å². The van der Waals surface area contributed by atoms with Crippen molar-refractivity contribution in [2.45, 2.75) is 31.6 Å². The predicted octanol–water partition coefficient (Wildman–Crippen LogP) is 4.26. The largest absolute Gasteiger partial charge is 0.497 e. The first kappa shape index (κ1) is 24.3. The molecular formula is C26H30N2O4S. The number of hydrogen-bond acceptors (Lipinski definition) is 4. The van der Waals surface area contributed by atoms with E-state index in [4.69, 9.17) is 4.74 Å². The number of sulfonamides is 1. The Morgan fingerprint density at radius 1 is 0.970 bits per heavy atom. The Labute approximate surface area is 196 Å². The van der Waals surface area contributed by atoms with Gasteiger partial charge in [0, 0.05) is 19.5 Å². The van der Waals surface area contributed by atoms with E-state index in [1.165, 1.54) is 4.31 Å². The maximum atomic E-state index is 13.6. The second kappa shape index (κ2) is 11.0. The average Bonchev–Trinajstić information content (AvgIpc) is 2.80. The molecule has 3 aromatic rings. The van der Waals surface area contributed by atoms with Gasteiger partial charge in [-0.1, -0.05) is 48.0 Å². The van der Waals surface area contributed by atoms with Gasteiger partial charge in [-0.15, -0.1) is 0 Å². The van der Waals surface area contributed by atoms with Gasteiger partial charge < -0.3 is 10.1 Å². The number of anilines is 1. The molecule has 0 atom stereocenters. The number of aryl methyl sites for hydroxylation is 2. The summed E-state index contributed by atoms with van der Waals surface area (Å²) in [6, 6.07) is 21.9. The van der Waals surface area contributed by atoms with Crippen LogP contribution < -0.4 is 14.4 Å². The Morgan fingerprint density at radius 2 is 1.67 bits per heavy atom. The molecule has 0 saturated carbocycles. The third-order valence-corrected chi connectivity index (χ3v) is 7.37. The predicted molar refractivity (Wildman–Crippen MR) is 131 cm³/mol. The molecule has 6 nitrogen and oxygen atoms in total. The first-order chi connectivity index (χ1) is 15.8. The Kier molecular flexibility index (Phi) is 8.11. The van der Waals surface area contributed by atoms with Crippen LogP contribution >= 0.6 is 0 Å². The summed E-state index contributed by atoms with van der Waals surface area (Å²) in [6.45, 7) is 4.22. The maximum absolute atomic E-state index is 13.6. The highest BCUT2D eigenvalue weighted by molar-refractivity contribution is 7.92. The molecule has 33 heavy (non-hydrogen) atoms. The summed E-state index contributed by atoms with van der Waals surface area (Å²) in [5.41, 5.74) is 3.27. The molecule has 0 radical (unpaired) electrons. The highest BCUT2D eigenvalue weighted by Crippen LogP contribution is 2.28. The van der Waals surface area contributed by atoms with Crippen molar-refractivity contribution in [2.75, 3.05) is 24.5 Å². The van der Waals surface area contributed by atoms with Crippen LogP contribution in [0.25, 0.3) is 0 Å². The molecule has 1 amide bonds. The number of hydrogen-bond donors (Lipinski definition) is 1. The van der Waals surface area contributed by atoms with Gasteiger partial charge in [-0.3, -0.25) is 9.10 Å². The van der Waals surface area contributed by atoms with Gasteiger partial charge in [-0.05, 0) is 61.7 Å². The highest BCUT2D eigenvalue weighted by Gasteiger charge is 2.27. The Bertz CT molecular complexity index is 1180. The van der Waals surface area contributed by atoms with Gasteiger partial charge in [-0.25, -0.2) is 8.42 Å². The van der Waals surface area contributed by atoms with E-state index in [0.717, 1.165) is 17.5 Å². The van der Waals surface area contributed by atoms with Gasteiger partial charge in [0.25, 0.3) is 10.0 Å². The van der Waals surface area contributed by atoms with Gasteiger partial charge in [0.15, 0.2) is 0 Å². The zero-order chi connectivity index (χ0) is 23.8. The number of nitrogens with one attached hydrogen (secondary N) is 1. The zero-order valence-corrected chi connectivity index (χ0v) is 20.1. The number of benzene rings is 3. The quantitative estimate of drug-likeness (QED) is 0.485. The Balaban J connectivity index is 1.76. The molecular weight excluding hydrogens is 436 g/mol. The summed E-state index contributed by atoms with van der Waals surface area (Å²) in [5.74, 6) is 0.432. The van der Waals surface area contributed by atoms with Crippen LogP contribution in [-0.4, -0.2) is 34.5 Å². The third kappa shape index (κ3) is 6.35. The number of carbonyl (C=O) groups excluding carboxylic acids is 1. The standard InChI is InChI=1S/C26H30N2O4S/c1-20-9-14-25(21(2)19-20)33(30,31)28(23-10-12-24(32-3)13-11-23)18-16-26(29)27-17-15-22-7-5-4-6-8-22/h4-14,19H,15-18H2,1-3H3,(H,27,29). The van der Waals surface area contributed by atoms with Crippen molar-refractivity contribution >= 4 is 21.6 Å². The van der Waals surface area contributed by atoms with Crippen molar-refractivity contribution in [3.05, 3.63) is 89.5 Å². The SMILES string of the molecule is COc1ccc(N(CCC(=O)NCCc2ccccc2)S(=O)(=O)c2ccc(C)cc2C)cc1. The Hall–Kier alpha value is -3.32. The lowest BCUT2D eigenvalue weighted by molar-refractivity contribution is -0.120. The van der Waals surface area contributed by atoms with Crippen LogP contribution in [0, 0.1) is 13.8 Å². The van der Waals surface area contributed by atoms with Crippen molar-refractivity contribution in [3.63, 3.8) is 0 Å².